The number of benzene rings is 1. The molecule has 1 aliphatic heterocycles. The average molecular weight is 263 g/mol. The number of carbonyl (C=O) groups excluding carboxylic acids is 2. The summed E-state index contributed by atoms with van der Waals surface area (Å²) in [6.07, 6.45) is 0.420. The number of aryl methyl sites for hydroxylation is 1. The minimum Gasteiger partial charge on any atom is -0.278 e. The number of hydrogen-bond donors (Lipinski definition) is 0. The van der Waals surface area contributed by atoms with E-state index in [4.69, 9.17) is 0 Å². The van der Waals surface area contributed by atoms with E-state index in [9.17, 15) is 14.0 Å². The summed E-state index contributed by atoms with van der Waals surface area (Å²) in [5.74, 6) is -0.207. The van der Waals surface area contributed by atoms with Gasteiger partial charge in [0, 0.05) is 18.5 Å². The molecule has 2 amide bonds. The Morgan fingerprint density at radius 2 is 2.11 bits per heavy atom. The van der Waals surface area contributed by atoms with Crippen LogP contribution in [0.5, 0.6) is 0 Å². The summed E-state index contributed by atoms with van der Waals surface area (Å²) in [4.78, 5) is 25.4. The molecule has 4 heteroatoms. The zero-order chi connectivity index (χ0) is 14.2. The van der Waals surface area contributed by atoms with E-state index in [1.54, 1.807) is 6.92 Å². The van der Waals surface area contributed by atoms with E-state index in [1.165, 1.54) is 23.1 Å². The topological polar surface area (TPSA) is 37.4 Å². The van der Waals surface area contributed by atoms with Crippen LogP contribution in [-0.4, -0.2) is 23.3 Å². The van der Waals surface area contributed by atoms with Crippen molar-refractivity contribution in [2.75, 3.05) is 6.54 Å². The van der Waals surface area contributed by atoms with Crippen LogP contribution in [0.1, 0.15) is 36.2 Å². The van der Waals surface area contributed by atoms with Crippen molar-refractivity contribution in [2.45, 2.75) is 27.2 Å². The Morgan fingerprint density at radius 3 is 2.63 bits per heavy atom. The standard InChI is InChI=1S/C15H18FNO2/c1-9(2)12-7-14(18)17(8-12)15(19)11-4-5-13(16)10(3)6-11/h4-6,9,12H,7-8H2,1-3H3. The van der Waals surface area contributed by atoms with Gasteiger partial charge < -0.3 is 0 Å². The Hall–Kier alpha value is -1.71. The number of hydrogen-bond acceptors (Lipinski definition) is 2. The normalized spacial score (nSPS) is 19.3. The van der Waals surface area contributed by atoms with Gasteiger partial charge in [-0.05, 0) is 42.5 Å². The summed E-state index contributed by atoms with van der Waals surface area (Å²) < 4.78 is 13.2. The predicted molar refractivity (Wildman–Crippen MR) is 70.1 cm³/mol. The summed E-state index contributed by atoms with van der Waals surface area (Å²) in [5.41, 5.74) is 0.787. The molecule has 1 aliphatic rings. The molecule has 0 radical (unpaired) electrons. The van der Waals surface area contributed by atoms with Crippen LogP contribution in [0.3, 0.4) is 0 Å². The molecular formula is C15H18FNO2. The molecule has 1 saturated heterocycles. The molecule has 1 fully saturated rings. The van der Waals surface area contributed by atoms with Crippen LogP contribution in [0.4, 0.5) is 4.39 Å². The fourth-order valence-electron chi connectivity index (χ4n) is 2.31. The van der Waals surface area contributed by atoms with Crippen molar-refractivity contribution >= 4 is 11.8 Å². The number of carbonyl (C=O) groups is 2. The predicted octanol–water partition coefficient (Wildman–Crippen LogP) is 2.78. The quantitative estimate of drug-likeness (QED) is 0.769. The molecule has 3 nitrogen and oxygen atoms in total. The first-order valence-corrected chi connectivity index (χ1v) is 6.51. The number of halogens is 1. The summed E-state index contributed by atoms with van der Waals surface area (Å²) in [5, 5.41) is 0. The van der Waals surface area contributed by atoms with Gasteiger partial charge in [-0.1, -0.05) is 13.8 Å². The van der Waals surface area contributed by atoms with Gasteiger partial charge in [0.2, 0.25) is 5.91 Å². The number of likely N-dealkylation sites (tertiary alicyclic amines) is 1. The second-order valence-electron chi connectivity index (χ2n) is 5.48. The Labute approximate surface area is 112 Å². The first kappa shape index (κ1) is 13.7. The van der Waals surface area contributed by atoms with Crippen LogP contribution in [-0.2, 0) is 4.79 Å². The molecule has 0 spiro atoms. The van der Waals surface area contributed by atoms with Gasteiger partial charge in [0.25, 0.3) is 5.91 Å². The van der Waals surface area contributed by atoms with E-state index >= 15 is 0 Å². The van der Waals surface area contributed by atoms with Crippen molar-refractivity contribution in [1.82, 2.24) is 4.90 Å². The van der Waals surface area contributed by atoms with E-state index in [2.05, 4.69) is 0 Å². The zero-order valence-corrected chi connectivity index (χ0v) is 11.4. The lowest BCUT2D eigenvalue weighted by atomic mass is 9.95. The Balaban J connectivity index is 2.20. The second kappa shape index (κ2) is 5.11. The second-order valence-corrected chi connectivity index (χ2v) is 5.48. The molecule has 0 N–H and O–H groups in total. The van der Waals surface area contributed by atoms with Gasteiger partial charge in [0.05, 0.1) is 0 Å². The van der Waals surface area contributed by atoms with Crippen LogP contribution in [0.2, 0.25) is 0 Å². The minimum atomic E-state index is -0.343. The van der Waals surface area contributed by atoms with E-state index in [-0.39, 0.29) is 23.5 Å². The van der Waals surface area contributed by atoms with Gasteiger partial charge in [-0.15, -0.1) is 0 Å². The van der Waals surface area contributed by atoms with Gasteiger partial charge in [0.15, 0.2) is 0 Å². The van der Waals surface area contributed by atoms with Crippen molar-refractivity contribution in [2.24, 2.45) is 11.8 Å². The lowest BCUT2D eigenvalue weighted by Crippen LogP contribution is -2.32. The first-order chi connectivity index (χ1) is 8.90. The van der Waals surface area contributed by atoms with Crippen LogP contribution in [0.15, 0.2) is 18.2 Å². The monoisotopic (exact) mass is 263 g/mol. The molecule has 0 aromatic heterocycles. The highest BCUT2D eigenvalue weighted by Gasteiger charge is 2.35. The van der Waals surface area contributed by atoms with Gasteiger partial charge in [-0.3, -0.25) is 14.5 Å². The molecular weight excluding hydrogens is 245 g/mol. The van der Waals surface area contributed by atoms with Crippen molar-refractivity contribution < 1.29 is 14.0 Å². The van der Waals surface area contributed by atoms with Crippen molar-refractivity contribution in [3.8, 4) is 0 Å². The van der Waals surface area contributed by atoms with Crippen LogP contribution in [0, 0.1) is 24.6 Å². The lowest BCUT2D eigenvalue weighted by Gasteiger charge is -2.16. The summed E-state index contributed by atoms with van der Waals surface area (Å²) in [6, 6.07) is 4.19. The Morgan fingerprint density at radius 1 is 1.42 bits per heavy atom. The number of amides is 2. The molecule has 0 bridgehead atoms. The maximum Gasteiger partial charge on any atom is 0.260 e. The first-order valence-electron chi connectivity index (χ1n) is 6.51. The number of nitrogens with zero attached hydrogens (tertiary/aromatic N) is 1. The fourth-order valence-corrected chi connectivity index (χ4v) is 2.31. The van der Waals surface area contributed by atoms with Crippen LogP contribution >= 0.6 is 0 Å². The highest BCUT2D eigenvalue weighted by atomic mass is 19.1. The third-order valence-electron chi connectivity index (χ3n) is 3.75. The van der Waals surface area contributed by atoms with Gasteiger partial charge in [-0.25, -0.2) is 4.39 Å². The molecule has 1 aromatic carbocycles. The lowest BCUT2D eigenvalue weighted by molar-refractivity contribution is -0.125. The highest BCUT2D eigenvalue weighted by Crippen LogP contribution is 2.26. The van der Waals surface area contributed by atoms with Crippen LogP contribution < -0.4 is 0 Å². The maximum absolute atomic E-state index is 13.2. The minimum absolute atomic E-state index is 0.134. The number of rotatable bonds is 2. The van der Waals surface area contributed by atoms with E-state index in [0.29, 0.717) is 30.0 Å². The van der Waals surface area contributed by atoms with Crippen LogP contribution in [0.25, 0.3) is 0 Å². The molecule has 1 aromatic rings. The van der Waals surface area contributed by atoms with Gasteiger partial charge in [0.1, 0.15) is 5.82 Å². The molecule has 1 unspecified atom stereocenters. The van der Waals surface area contributed by atoms with Crippen molar-refractivity contribution in [3.05, 3.63) is 35.1 Å². The summed E-state index contributed by atoms with van der Waals surface area (Å²) in [7, 11) is 0. The van der Waals surface area contributed by atoms with Gasteiger partial charge >= 0.3 is 0 Å². The van der Waals surface area contributed by atoms with E-state index < -0.39 is 0 Å². The summed E-state index contributed by atoms with van der Waals surface area (Å²) >= 11 is 0. The van der Waals surface area contributed by atoms with E-state index in [0.717, 1.165) is 0 Å². The zero-order valence-electron chi connectivity index (χ0n) is 11.4. The van der Waals surface area contributed by atoms with E-state index in [1.807, 2.05) is 13.8 Å². The third-order valence-corrected chi connectivity index (χ3v) is 3.75. The Bertz CT molecular complexity index is 525. The molecule has 0 saturated carbocycles. The molecule has 2 rings (SSSR count). The molecule has 1 atom stereocenters. The molecule has 102 valence electrons. The van der Waals surface area contributed by atoms with Crippen molar-refractivity contribution in [1.29, 1.82) is 0 Å². The SMILES string of the molecule is Cc1cc(C(=O)N2CC(C(C)C)CC2=O)ccc1F. The molecule has 19 heavy (non-hydrogen) atoms. The fraction of sp³-hybridized carbons (Fsp3) is 0.467. The molecule has 0 aliphatic carbocycles. The number of imide groups is 1. The molecule has 1 heterocycles. The summed E-state index contributed by atoms with van der Waals surface area (Å²) in [6.45, 7) is 6.17. The Kier molecular flexibility index (Phi) is 3.69. The highest BCUT2D eigenvalue weighted by molar-refractivity contribution is 6.05. The smallest absolute Gasteiger partial charge is 0.260 e. The third kappa shape index (κ3) is 2.67. The maximum atomic E-state index is 13.2. The average Bonchev–Trinajstić information content (AvgIpc) is 2.74. The van der Waals surface area contributed by atoms with Crippen molar-refractivity contribution in [3.63, 3.8) is 0 Å². The van der Waals surface area contributed by atoms with Gasteiger partial charge in [-0.2, -0.15) is 0 Å². The largest absolute Gasteiger partial charge is 0.278 e.